The maximum atomic E-state index is 12.3. The van der Waals surface area contributed by atoms with E-state index in [0.29, 0.717) is 16.7 Å². The van der Waals surface area contributed by atoms with Gasteiger partial charge in [0.05, 0.1) is 17.2 Å². The zero-order valence-electron chi connectivity index (χ0n) is 9.70. The molecule has 2 aromatic heterocycles. The highest BCUT2D eigenvalue weighted by Gasteiger charge is 2.17. The summed E-state index contributed by atoms with van der Waals surface area (Å²) < 4.78 is 0.996. The number of nitrogens with zero attached hydrogens (tertiary/aromatic N) is 3. The van der Waals surface area contributed by atoms with Gasteiger partial charge in [0, 0.05) is 18.1 Å². The van der Waals surface area contributed by atoms with Gasteiger partial charge < -0.3 is 10.7 Å². The molecule has 3 N–H and O–H groups in total. The van der Waals surface area contributed by atoms with Crippen molar-refractivity contribution in [2.24, 2.45) is 0 Å². The topological polar surface area (TPSA) is 107 Å². The smallest absolute Gasteiger partial charge is 0.333 e. The second-order valence-electron chi connectivity index (χ2n) is 3.94. The van der Waals surface area contributed by atoms with E-state index < -0.39 is 11.6 Å². The van der Waals surface area contributed by atoms with Crippen LogP contribution in [0.15, 0.2) is 41.6 Å². The summed E-state index contributed by atoms with van der Waals surface area (Å²) in [6.45, 7) is 0. The van der Waals surface area contributed by atoms with Crippen LogP contribution in [0.2, 0.25) is 0 Å². The lowest BCUT2D eigenvalue weighted by molar-refractivity contribution is 0.0955. The first-order valence-electron chi connectivity index (χ1n) is 5.48. The fourth-order valence-corrected chi connectivity index (χ4v) is 1.85. The number of imidazole rings is 1. The van der Waals surface area contributed by atoms with Gasteiger partial charge in [-0.25, -0.2) is 14.3 Å². The molecular weight excluding hydrogens is 246 g/mol. The predicted octanol–water partition coefficient (Wildman–Crippen LogP) is 0.390. The molecule has 94 valence electrons. The quantitative estimate of drug-likeness (QED) is 0.612. The first kappa shape index (κ1) is 11.1. The molecule has 7 heteroatoms. The Morgan fingerprint density at radius 3 is 2.89 bits per heavy atom. The van der Waals surface area contributed by atoms with Crippen LogP contribution < -0.4 is 11.4 Å². The van der Waals surface area contributed by atoms with E-state index in [2.05, 4.69) is 15.0 Å². The fraction of sp³-hybridized carbons (Fsp3) is 0. The van der Waals surface area contributed by atoms with Crippen LogP contribution in [-0.4, -0.2) is 25.4 Å². The van der Waals surface area contributed by atoms with Crippen molar-refractivity contribution < 1.29 is 4.79 Å². The third-order valence-electron chi connectivity index (χ3n) is 2.69. The standard InChI is InChI=1S/C12H9N5O2/c13-7-1-2-8-10(5-7)17(12(19)16-8)11(18)9-6-14-3-4-15-9/h1-6H,13H2,(H,16,19). The van der Waals surface area contributed by atoms with Crippen LogP contribution in [0.1, 0.15) is 10.5 Å². The van der Waals surface area contributed by atoms with Crippen molar-refractivity contribution in [2.75, 3.05) is 5.73 Å². The SMILES string of the molecule is Nc1ccc2[nH]c(=O)n(C(=O)c3cnccn3)c2c1. The van der Waals surface area contributed by atoms with Crippen LogP contribution in [0, 0.1) is 0 Å². The third kappa shape index (κ3) is 1.77. The van der Waals surface area contributed by atoms with Gasteiger partial charge in [0.2, 0.25) is 0 Å². The molecule has 0 saturated carbocycles. The average Bonchev–Trinajstić information content (AvgIpc) is 2.74. The van der Waals surface area contributed by atoms with Gasteiger partial charge in [0.1, 0.15) is 5.69 Å². The normalized spacial score (nSPS) is 10.7. The fourth-order valence-electron chi connectivity index (χ4n) is 1.85. The molecule has 0 aliphatic rings. The number of carbonyl (C=O) groups is 1. The molecule has 0 bridgehead atoms. The molecule has 0 saturated heterocycles. The summed E-state index contributed by atoms with van der Waals surface area (Å²) in [4.78, 5) is 34.4. The molecule has 7 nitrogen and oxygen atoms in total. The number of carbonyl (C=O) groups excluding carboxylic acids is 1. The second-order valence-corrected chi connectivity index (χ2v) is 3.94. The van der Waals surface area contributed by atoms with Crippen molar-refractivity contribution in [1.82, 2.24) is 19.5 Å². The highest BCUT2D eigenvalue weighted by Crippen LogP contribution is 2.14. The number of anilines is 1. The molecule has 0 spiro atoms. The largest absolute Gasteiger partial charge is 0.399 e. The number of nitrogens with one attached hydrogen (secondary N) is 1. The molecule has 0 atom stereocenters. The lowest BCUT2D eigenvalue weighted by Crippen LogP contribution is -2.25. The lowest BCUT2D eigenvalue weighted by Gasteiger charge is -2.01. The van der Waals surface area contributed by atoms with Crippen LogP contribution in [0.5, 0.6) is 0 Å². The number of hydrogen-bond donors (Lipinski definition) is 2. The van der Waals surface area contributed by atoms with Crippen molar-refractivity contribution in [1.29, 1.82) is 0 Å². The minimum Gasteiger partial charge on any atom is -0.399 e. The number of aromatic nitrogens is 4. The Bertz CT molecular complexity index is 819. The number of benzene rings is 1. The van der Waals surface area contributed by atoms with E-state index in [4.69, 9.17) is 5.73 Å². The summed E-state index contributed by atoms with van der Waals surface area (Å²) in [5.41, 5.74) is 6.65. The Morgan fingerprint density at radius 2 is 2.16 bits per heavy atom. The predicted molar refractivity (Wildman–Crippen MR) is 68.7 cm³/mol. The minimum absolute atomic E-state index is 0.0907. The van der Waals surface area contributed by atoms with E-state index in [0.717, 1.165) is 4.57 Å². The highest BCUT2D eigenvalue weighted by atomic mass is 16.2. The van der Waals surface area contributed by atoms with E-state index in [1.807, 2.05) is 0 Å². The van der Waals surface area contributed by atoms with E-state index in [1.54, 1.807) is 18.2 Å². The zero-order valence-corrected chi connectivity index (χ0v) is 9.70. The Kier molecular flexibility index (Phi) is 2.38. The molecular formula is C12H9N5O2. The zero-order chi connectivity index (χ0) is 13.4. The molecule has 0 fully saturated rings. The monoisotopic (exact) mass is 255 g/mol. The van der Waals surface area contributed by atoms with E-state index in [1.165, 1.54) is 18.6 Å². The highest BCUT2D eigenvalue weighted by molar-refractivity contribution is 5.99. The molecule has 0 aliphatic heterocycles. The Hall–Kier alpha value is -2.96. The lowest BCUT2D eigenvalue weighted by atomic mass is 10.3. The maximum Gasteiger partial charge on any atom is 0.333 e. The van der Waals surface area contributed by atoms with Gasteiger partial charge in [-0.2, -0.15) is 0 Å². The van der Waals surface area contributed by atoms with Gasteiger partial charge in [-0.1, -0.05) is 0 Å². The number of rotatable bonds is 1. The third-order valence-corrected chi connectivity index (χ3v) is 2.69. The van der Waals surface area contributed by atoms with Crippen LogP contribution in [0.4, 0.5) is 5.69 Å². The van der Waals surface area contributed by atoms with Crippen molar-refractivity contribution in [2.45, 2.75) is 0 Å². The molecule has 0 amide bonds. The van der Waals surface area contributed by atoms with Crippen LogP contribution in [0.25, 0.3) is 11.0 Å². The van der Waals surface area contributed by atoms with Crippen LogP contribution >= 0.6 is 0 Å². The van der Waals surface area contributed by atoms with E-state index in [-0.39, 0.29) is 5.69 Å². The number of aromatic amines is 1. The molecule has 0 radical (unpaired) electrons. The molecule has 3 rings (SSSR count). The summed E-state index contributed by atoms with van der Waals surface area (Å²) in [7, 11) is 0. The molecule has 0 aliphatic carbocycles. The van der Waals surface area contributed by atoms with Crippen molar-refractivity contribution in [3.63, 3.8) is 0 Å². The Labute approximate surface area is 106 Å². The molecule has 1 aromatic carbocycles. The average molecular weight is 255 g/mol. The van der Waals surface area contributed by atoms with Gasteiger partial charge in [0.25, 0.3) is 5.91 Å². The van der Waals surface area contributed by atoms with Gasteiger partial charge in [-0.15, -0.1) is 0 Å². The summed E-state index contributed by atoms with van der Waals surface area (Å²) in [6.07, 6.45) is 4.15. The summed E-state index contributed by atoms with van der Waals surface area (Å²) in [6, 6.07) is 4.85. The van der Waals surface area contributed by atoms with Gasteiger partial charge in [0.15, 0.2) is 0 Å². The Morgan fingerprint density at radius 1 is 1.32 bits per heavy atom. The van der Waals surface area contributed by atoms with Gasteiger partial charge in [-0.3, -0.25) is 9.78 Å². The summed E-state index contributed by atoms with van der Waals surface area (Å²) >= 11 is 0. The second kappa shape index (κ2) is 4.05. The van der Waals surface area contributed by atoms with Gasteiger partial charge in [-0.05, 0) is 18.2 Å². The summed E-state index contributed by atoms with van der Waals surface area (Å²) in [5.74, 6) is -0.546. The Balaban J connectivity index is 2.25. The number of hydrogen-bond acceptors (Lipinski definition) is 5. The first-order valence-corrected chi connectivity index (χ1v) is 5.48. The molecule has 2 heterocycles. The van der Waals surface area contributed by atoms with E-state index >= 15 is 0 Å². The number of fused-ring (bicyclic) bond motifs is 1. The van der Waals surface area contributed by atoms with Crippen molar-refractivity contribution >= 4 is 22.6 Å². The van der Waals surface area contributed by atoms with E-state index in [9.17, 15) is 9.59 Å². The molecule has 0 unspecified atom stereocenters. The van der Waals surface area contributed by atoms with Crippen molar-refractivity contribution in [3.05, 3.63) is 53.0 Å². The summed E-state index contributed by atoms with van der Waals surface area (Å²) in [5, 5.41) is 0. The minimum atomic E-state index is -0.546. The maximum absolute atomic E-state index is 12.3. The van der Waals surface area contributed by atoms with Gasteiger partial charge >= 0.3 is 5.69 Å². The van der Waals surface area contributed by atoms with Crippen LogP contribution in [0.3, 0.4) is 0 Å². The van der Waals surface area contributed by atoms with Crippen molar-refractivity contribution in [3.8, 4) is 0 Å². The number of H-pyrrole nitrogens is 1. The van der Waals surface area contributed by atoms with Crippen LogP contribution in [-0.2, 0) is 0 Å². The molecule has 19 heavy (non-hydrogen) atoms. The first-order chi connectivity index (χ1) is 9.16. The molecule has 3 aromatic rings. The number of nitrogen functional groups attached to an aromatic ring is 1. The number of nitrogens with two attached hydrogens (primary N) is 1.